The summed E-state index contributed by atoms with van der Waals surface area (Å²) in [7, 11) is 0. The van der Waals surface area contributed by atoms with Gasteiger partial charge >= 0.3 is 0 Å². The number of aromatic nitrogens is 2. The van der Waals surface area contributed by atoms with E-state index < -0.39 is 0 Å². The number of ether oxygens (including phenoxy) is 1. The molecule has 1 aromatic heterocycles. The molecule has 6 heteroatoms. The van der Waals surface area contributed by atoms with Gasteiger partial charge in [-0.05, 0) is 17.3 Å². The van der Waals surface area contributed by atoms with Gasteiger partial charge in [-0.2, -0.15) is 4.98 Å². The molecule has 0 amide bonds. The molecular formula is C12H15N3O3. The van der Waals surface area contributed by atoms with Crippen LogP contribution in [0.5, 0.6) is 0 Å². The third kappa shape index (κ3) is 3.54. The minimum absolute atomic E-state index is 0.0281. The van der Waals surface area contributed by atoms with Crippen molar-refractivity contribution < 1.29 is 14.4 Å². The van der Waals surface area contributed by atoms with Crippen LogP contribution in [0, 0.1) is 0 Å². The summed E-state index contributed by atoms with van der Waals surface area (Å²) in [4.78, 5) is 4.20. The monoisotopic (exact) mass is 249 g/mol. The first-order chi connectivity index (χ1) is 8.90. The Hall–Kier alpha value is -1.92. The molecule has 0 aliphatic rings. The fourth-order valence-electron chi connectivity index (χ4n) is 1.39. The van der Waals surface area contributed by atoms with Crippen molar-refractivity contribution in [1.82, 2.24) is 10.1 Å². The molecular weight excluding hydrogens is 234 g/mol. The highest BCUT2D eigenvalue weighted by Gasteiger charge is 2.07. The van der Waals surface area contributed by atoms with Crippen molar-refractivity contribution in [3.05, 3.63) is 30.3 Å². The van der Waals surface area contributed by atoms with Gasteiger partial charge in [0.25, 0.3) is 11.8 Å². The van der Waals surface area contributed by atoms with Gasteiger partial charge in [0.05, 0.1) is 19.8 Å². The zero-order valence-corrected chi connectivity index (χ0v) is 9.87. The Labute approximate surface area is 105 Å². The maximum Gasteiger partial charge on any atom is 0.263 e. The second kappa shape index (κ2) is 6.73. The second-order valence-electron chi connectivity index (χ2n) is 3.55. The molecule has 18 heavy (non-hydrogen) atoms. The maximum atomic E-state index is 8.53. The molecule has 2 rings (SSSR count). The van der Waals surface area contributed by atoms with Gasteiger partial charge in [0, 0.05) is 12.1 Å². The zero-order chi connectivity index (χ0) is 12.6. The summed E-state index contributed by atoms with van der Waals surface area (Å²) in [5.41, 5.74) is 0.884. The summed E-state index contributed by atoms with van der Waals surface area (Å²) < 4.78 is 10.2. The van der Waals surface area contributed by atoms with Gasteiger partial charge in [0.1, 0.15) is 0 Å². The molecule has 1 aromatic carbocycles. The number of nitrogens with one attached hydrogen (secondary N) is 1. The number of rotatable bonds is 7. The van der Waals surface area contributed by atoms with E-state index in [0.29, 0.717) is 31.6 Å². The molecule has 2 aromatic rings. The molecule has 0 atom stereocenters. The molecule has 96 valence electrons. The summed E-state index contributed by atoms with van der Waals surface area (Å²) in [6, 6.07) is 9.56. The highest BCUT2D eigenvalue weighted by atomic mass is 16.5. The lowest BCUT2D eigenvalue weighted by Crippen LogP contribution is -2.11. The molecule has 6 nitrogen and oxygen atoms in total. The van der Waals surface area contributed by atoms with E-state index in [1.165, 1.54) is 0 Å². The molecule has 0 aliphatic heterocycles. The van der Waals surface area contributed by atoms with Crippen LogP contribution in [-0.4, -0.2) is 41.6 Å². The van der Waals surface area contributed by atoms with Crippen molar-refractivity contribution in [3.63, 3.8) is 0 Å². The Morgan fingerprint density at radius 3 is 2.83 bits per heavy atom. The first-order valence-corrected chi connectivity index (χ1v) is 5.72. The van der Waals surface area contributed by atoms with Crippen LogP contribution in [0.25, 0.3) is 11.5 Å². The summed E-state index contributed by atoms with van der Waals surface area (Å²) in [5, 5.41) is 15.3. The summed E-state index contributed by atoms with van der Waals surface area (Å²) in [5.74, 6) is 0.913. The summed E-state index contributed by atoms with van der Waals surface area (Å²) in [6.45, 7) is 1.41. The maximum absolute atomic E-state index is 8.53. The molecule has 0 spiro atoms. The van der Waals surface area contributed by atoms with E-state index in [2.05, 4.69) is 15.5 Å². The highest BCUT2D eigenvalue weighted by molar-refractivity contribution is 5.53. The quantitative estimate of drug-likeness (QED) is 0.717. The topological polar surface area (TPSA) is 80.4 Å². The first kappa shape index (κ1) is 12.5. The molecule has 2 N–H and O–H groups in total. The number of anilines is 1. The van der Waals surface area contributed by atoms with Crippen LogP contribution in [0.4, 0.5) is 5.95 Å². The average molecular weight is 249 g/mol. The minimum Gasteiger partial charge on any atom is -0.394 e. The van der Waals surface area contributed by atoms with Crippen LogP contribution in [0.3, 0.4) is 0 Å². The molecule has 0 radical (unpaired) electrons. The SMILES string of the molecule is OCCOCCNc1noc(-c2ccccc2)n1. The van der Waals surface area contributed by atoms with Crippen molar-refractivity contribution in [1.29, 1.82) is 0 Å². The van der Waals surface area contributed by atoms with Crippen molar-refractivity contribution in [2.45, 2.75) is 0 Å². The Kier molecular flexibility index (Phi) is 4.68. The van der Waals surface area contributed by atoms with Crippen LogP contribution in [0.2, 0.25) is 0 Å². The van der Waals surface area contributed by atoms with Crippen molar-refractivity contribution >= 4 is 5.95 Å². The highest BCUT2D eigenvalue weighted by Crippen LogP contribution is 2.17. The van der Waals surface area contributed by atoms with Crippen LogP contribution in [-0.2, 0) is 4.74 Å². The smallest absolute Gasteiger partial charge is 0.263 e. The van der Waals surface area contributed by atoms with E-state index in [1.807, 2.05) is 30.3 Å². The fourth-order valence-corrected chi connectivity index (χ4v) is 1.39. The van der Waals surface area contributed by atoms with E-state index in [4.69, 9.17) is 14.4 Å². The number of hydrogen-bond acceptors (Lipinski definition) is 6. The van der Waals surface area contributed by atoms with Gasteiger partial charge < -0.3 is 19.7 Å². The number of benzene rings is 1. The van der Waals surface area contributed by atoms with Crippen LogP contribution in [0.1, 0.15) is 0 Å². The third-order valence-electron chi connectivity index (χ3n) is 2.21. The first-order valence-electron chi connectivity index (χ1n) is 5.72. The standard InChI is InChI=1S/C12H15N3O3/c16-7-9-17-8-6-13-12-14-11(18-15-12)10-4-2-1-3-5-10/h1-5,16H,6-9H2,(H,13,15). The molecule has 0 unspecified atom stereocenters. The van der Waals surface area contributed by atoms with Crippen molar-refractivity contribution in [3.8, 4) is 11.5 Å². The van der Waals surface area contributed by atoms with Crippen LogP contribution in [0.15, 0.2) is 34.9 Å². The van der Waals surface area contributed by atoms with Gasteiger partial charge in [-0.3, -0.25) is 0 Å². The van der Waals surface area contributed by atoms with Gasteiger partial charge in [-0.25, -0.2) is 0 Å². The van der Waals surface area contributed by atoms with E-state index in [1.54, 1.807) is 0 Å². The van der Waals surface area contributed by atoms with Gasteiger partial charge in [-0.15, -0.1) is 0 Å². The second-order valence-corrected chi connectivity index (χ2v) is 3.55. The number of hydrogen-bond donors (Lipinski definition) is 2. The molecule has 1 heterocycles. The van der Waals surface area contributed by atoms with Gasteiger partial charge in [0.15, 0.2) is 0 Å². The lowest BCUT2D eigenvalue weighted by atomic mass is 10.2. The lowest BCUT2D eigenvalue weighted by Gasteiger charge is -2.01. The van der Waals surface area contributed by atoms with Crippen molar-refractivity contribution in [2.24, 2.45) is 0 Å². The molecule has 0 saturated heterocycles. The van der Waals surface area contributed by atoms with Crippen LogP contribution >= 0.6 is 0 Å². The molecule has 0 fully saturated rings. The molecule has 0 aliphatic carbocycles. The normalized spacial score (nSPS) is 10.5. The molecule has 0 saturated carbocycles. The van der Waals surface area contributed by atoms with Crippen LogP contribution < -0.4 is 5.32 Å². The minimum atomic E-state index is 0.0281. The number of aliphatic hydroxyl groups is 1. The Bertz CT molecular complexity index is 459. The zero-order valence-electron chi connectivity index (χ0n) is 9.87. The number of aliphatic hydroxyl groups excluding tert-OH is 1. The number of nitrogens with zero attached hydrogens (tertiary/aromatic N) is 2. The lowest BCUT2D eigenvalue weighted by molar-refractivity contribution is 0.0991. The van der Waals surface area contributed by atoms with Gasteiger partial charge in [0.2, 0.25) is 0 Å². The molecule has 0 bridgehead atoms. The van der Waals surface area contributed by atoms with Gasteiger partial charge in [-0.1, -0.05) is 18.2 Å². The summed E-state index contributed by atoms with van der Waals surface area (Å²) >= 11 is 0. The average Bonchev–Trinajstić information content (AvgIpc) is 2.88. The fraction of sp³-hybridized carbons (Fsp3) is 0.333. The Morgan fingerprint density at radius 1 is 1.22 bits per heavy atom. The van der Waals surface area contributed by atoms with E-state index >= 15 is 0 Å². The largest absolute Gasteiger partial charge is 0.394 e. The summed E-state index contributed by atoms with van der Waals surface area (Å²) in [6.07, 6.45) is 0. The predicted octanol–water partition coefficient (Wildman–Crippen LogP) is 1.16. The Balaban J connectivity index is 1.83. The van der Waals surface area contributed by atoms with Crippen molar-refractivity contribution in [2.75, 3.05) is 31.7 Å². The van der Waals surface area contributed by atoms with E-state index in [0.717, 1.165) is 5.56 Å². The van der Waals surface area contributed by atoms with E-state index in [9.17, 15) is 0 Å². The Morgan fingerprint density at radius 2 is 2.06 bits per heavy atom. The predicted molar refractivity (Wildman–Crippen MR) is 66.1 cm³/mol. The van der Waals surface area contributed by atoms with E-state index in [-0.39, 0.29) is 6.61 Å². The third-order valence-corrected chi connectivity index (χ3v) is 2.21.